The van der Waals surface area contributed by atoms with Crippen molar-refractivity contribution in [1.29, 1.82) is 0 Å². The molecule has 3 rings (SSSR count). The number of hydrogen-bond donors (Lipinski definition) is 2. The lowest BCUT2D eigenvalue weighted by Gasteiger charge is -2.16. The zero-order valence-electron chi connectivity index (χ0n) is 16.8. The number of anilines is 1. The summed E-state index contributed by atoms with van der Waals surface area (Å²) >= 11 is 6.31. The van der Waals surface area contributed by atoms with Crippen LogP contribution >= 0.6 is 11.6 Å². The smallest absolute Gasteiger partial charge is 0.258 e. The number of carbonyl (C=O) groups excluding carboxylic acids is 1. The molecule has 1 aromatic heterocycles. The van der Waals surface area contributed by atoms with Crippen LogP contribution < -0.4 is 20.5 Å². The molecular formula is C21H22ClFN4O3. The Kier molecular flexibility index (Phi) is 6.59. The van der Waals surface area contributed by atoms with E-state index >= 15 is 0 Å². The van der Waals surface area contributed by atoms with Crippen molar-refractivity contribution in [3.8, 4) is 22.8 Å². The number of methoxy groups -OCH3 is 1. The first-order valence-corrected chi connectivity index (χ1v) is 9.53. The second kappa shape index (κ2) is 9.15. The Hall–Kier alpha value is -3.10. The summed E-state index contributed by atoms with van der Waals surface area (Å²) in [5.74, 6) is -0.417. The first-order valence-electron chi connectivity index (χ1n) is 9.15. The molecule has 0 aliphatic carbocycles. The van der Waals surface area contributed by atoms with Crippen molar-refractivity contribution < 1.29 is 18.7 Å². The number of aromatic nitrogens is 2. The van der Waals surface area contributed by atoms with Crippen LogP contribution in [0.4, 0.5) is 10.1 Å². The van der Waals surface area contributed by atoms with E-state index in [-0.39, 0.29) is 11.6 Å². The van der Waals surface area contributed by atoms with Crippen LogP contribution in [0.1, 0.15) is 17.3 Å². The van der Waals surface area contributed by atoms with Gasteiger partial charge in [0.2, 0.25) is 0 Å². The average Bonchev–Trinajstić information content (AvgIpc) is 3.04. The van der Waals surface area contributed by atoms with E-state index in [1.807, 2.05) is 6.92 Å². The van der Waals surface area contributed by atoms with E-state index in [0.717, 1.165) is 6.07 Å². The summed E-state index contributed by atoms with van der Waals surface area (Å²) in [6.45, 7) is 2.12. The molecule has 158 valence electrons. The molecule has 2 aromatic carbocycles. The Bertz CT molecular complexity index is 1050. The summed E-state index contributed by atoms with van der Waals surface area (Å²) in [7, 11) is 3.17. The SMILES string of the molecule is COc1ccc(C(=O)Nc2ccc(OC[C@@H](C)N)c(-c3c(Cl)cnn3C)c2)c(F)c1. The molecule has 1 atom stereocenters. The van der Waals surface area contributed by atoms with Crippen LogP contribution in [0.15, 0.2) is 42.6 Å². The van der Waals surface area contributed by atoms with Gasteiger partial charge in [0, 0.05) is 30.4 Å². The molecule has 7 nitrogen and oxygen atoms in total. The lowest BCUT2D eigenvalue weighted by Crippen LogP contribution is -2.23. The van der Waals surface area contributed by atoms with Gasteiger partial charge in [0.1, 0.15) is 23.9 Å². The highest BCUT2D eigenvalue weighted by Crippen LogP contribution is 2.36. The highest BCUT2D eigenvalue weighted by Gasteiger charge is 2.18. The molecule has 0 aliphatic rings. The minimum absolute atomic E-state index is 0.104. The van der Waals surface area contributed by atoms with E-state index in [2.05, 4.69) is 10.4 Å². The van der Waals surface area contributed by atoms with Crippen molar-refractivity contribution in [1.82, 2.24) is 9.78 Å². The molecule has 0 saturated carbocycles. The molecule has 30 heavy (non-hydrogen) atoms. The Morgan fingerprint density at radius 3 is 2.70 bits per heavy atom. The number of amides is 1. The number of nitrogens with two attached hydrogens (primary N) is 1. The second-order valence-corrected chi connectivity index (χ2v) is 7.17. The molecule has 3 aromatic rings. The highest BCUT2D eigenvalue weighted by molar-refractivity contribution is 6.33. The van der Waals surface area contributed by atoms with Crippen LogP contribution in [0, 0.1) is 5.82 Å². The largest absolute Gasteiger partial charge is 0.497 e. The van der Waals surface area contributed by atoms with Gasteiger partial charge in [-0.15, -0.1) is 0 Å². The van der Waals surface area contributed by atoms with Gasteiger partial charge in [0.25, 0.3) is 5.91 Å². The number of nitrogens with zero attached hydrogens (tertiary/aromatic N) is 2. The minimum Gasteiger partial charge on any atom is -0.497 e. The van der Waals surface area contributed by atoms with E-state index < -0.39 is 11.7 Å². The van der Waals surface area contributed by atoms with Gasteiger partial charge in [0.15, 0.2) is 0 Å². The molecule has 1 heterocycles. The third-order valence-corrected chi connectivity index (χ3v) is 4.59. The van der Waals surface area contributed by atoms with E-state index in [1.165, 1.54) is 25.4 Å². The van der Waals surface area contributed by atoms with Crippen molar-refractivity contribution in [3.63, 3.8) is 0 Å². The van der Waals surface area contributed by atoms with Crippen LogP contribution in [0.2, 0.25) is 5.02 Å². The first-order chi connectivity index (χ1) is 14.3. The van der Waals surface area contributed by atoms with Gasteiger partial charge in [-0.2, -0.15) is 5.10 Å². The Balaban J connectivity index is 1.94. The van der Waals surface area contributed by atoms with Crippen LogP contribution in [-0.2, 0) is 7.05 Å². The van der Waals surface area contributed by atoms with Crippen LogP contribution in [0.3, 0.4) is 0 Å². The molecule has 0 aliphatic heterocycles. The van der Waals surface area contributed by atoms with Crippen LogP contribution in [0.5, 0.6) is 11.5 Å². The van der Waals surface area contributed by atoms with Crippen molar-refractivity contribution in [2.24, 2.45) is 12.8 Å². The number of carbonyl (C=O) groups is 1. The average molecular weight is 433 g/mol. The molecule has 3 N–H and O–H groups in total. The topological polar surface area (TPSA) is 91.4 Å². The Morgan fingerprint density at radius 2 is 2.10 bits per heavy atom. The normalized spacial score (nSPS) is 11.8. The van der Waals surface area contributed by atoms with Crippen molar-refractivity contribution in [3.05, 3.63) is 59.0 Å². The summed E-state index contributed by atoms with van der Waals surface area (Å²) in [4.78, 5) is 12.6. The van der Waals surface area contributed by atoms with Crippen LogP contribution in [0.25, 0.3) is 11.3 Å². The zero-order valence-corrected chi connectivity index (χ0v) is 17.5. The number of aryl methyl sites for hydroxylation is 1. The fraction of sp³-hybridized carbons (Fsp3) is 0.238. The fourth-order valence-corrected chi connectivity index (χ4v) is 3.13. The number of hydrogen-bond acceptors (Lipinski definition) is 5. The summed E-state index contributed by atoms with van der Waals surface area (Å²) < 4.78 is 26.6. The third kappa shape index (κ3) is 4.72. The van der Waals surface area contributed by atoms with Crippen LogP contribution in [-0.4, -0.2) is 35.4 Å². The number of rotatable bonds is 7. The van der Waals surface area contributed by atoms with Gasteiger partial charge in [-0.3, -0.25) is 9.48 Å². The minimum atomic E-state index is -0.682. The summed E-state index contributed by atoms with van der Waals surface area (Å²) in [6, 6.07) is 8.91. The van der Waals surface area contributed by atoms with E-state index in [4.69, 9.17) is 26.8 Å². The van der Waals surface area contributed by atoms with E-state index in [1.54, 1.807) is 29.9 Å². The molecule has 0 spiro atoms. The van der Waals surface area contributed by atoms with E-state index in [9.17, 15) is 9.18 Å². The Labute approximate surface area is 178 Å². The maximum Gasteiger partial charge on any atom is 0.258 e. The lowest BCUT2D eigenvalue weighted by atomic mass is 10.1. The molecule has 0 saturated heterocycles. The summed E-state index contributed by atoms with van der Waals surface area (Å²) in [5.41, 5.74) is 7.36. The van der Waals surface area contributed by atoms with Crippen molar-refractivity contribution in [2.45, 2.75) is 13.0 Å². The number of benzene rings is 2. The molecule has 0 bridgehead atoms. The monoisotopic (exact) mass is 432 g/mol. The number of halogens is 2. The van der Waals surface area contributed by atoms with Gasteiger partial charge in [-0.1, -0.05) is 11.6 Å². The van der Waals surface area contributed by atoms with Gasteiger partial charge in [0.05, 0.1) is 29.6 Å². The quantitative estimate of drug-likeness (QED) is 0.591. The third-order valence-electron chi connectivity index (χ3n) is 4.31. The van der Waals surface area contributed by atoms with Gasteiger partial charge in [-0.05, 0) is 37.3 Å². The predicted molar refractivity (Wildman–Crippen MR) is 114 cm³/mol. The van der Waals surface area contributed by atoms with Gasteiger partial charge < -0.3 is 20.5 Å². The summed E-state index contributed by atoms with van der Waals surface area (Å²) in [5, 5.41) is 7.27. The number of ether oxygens (including phenoxy) is 2. The van der Waals surface area contributed by atoms with Gasteiger partial charge in [-0.25, -0.2) is 4.39 Å². The summed E-state index contributed by atoms with van der Waals surface area (Å²) in [6.07, 6.45) is 1.52. The predicted octanol–water partition coefficient (Wildman–Crippen LogP) is 3.87. The Morgan fingerprint density at radius 1 is 1.33 bits per heavy atom. The fourth-order valence-electron chi connectivity index (χ4n) is 2.86. The lowest BCUT2D eigenvalue weighted by molar-refractivity contribution is 0.102. The molecule has 0 radical (unpaired) electrons. The highest BCUT2D eigenvalue weighted by atomic mass is 35.5. The zero-order chi connectivity index (χ0) is 21.8. The van der Waals surface area contributed by atoms with Crippen molar-refractivity contribution >= 4 is 23.2 Å². The molecule has 0 fully saturated rings. The number of nitrogens with one attached hydrogen (secondary N) is 1. The van der Waals surface area contributed by atoms with Crippen molar-refractivity contribution in [2.75, 3.05) is 19.0 Å². The standard InChI is InChI=1S/C21H22ClFN4O3/c1-12(24)11-30-19-7-4-13(8-16(19)20-17(22)10-25-27(20)2)26-21(28)15-6-5-14(29-3)9-18(15)23/h4-10,12H,11,24H2,1-3H3,(H,26,28)/t12-/m1/s1. The second-order valence-electron chi connectivity index (χ2n) is 6.76. The first kappa shape index (κ1) is 21.6. The maximum absolute atomic E-state index is 14.2. The molecule has 0 unspecified atom stereocenters. The molecular weight excluding hydrogens is 411 g/mol. The molecule has 1 amide bonds. The maximum atomic E-state index is 14.2. The molecule has 9 heteroatoms. The van der Waals surface area contributed by atoms with E-state index in [0.29, 0.717) is 40.1 Å². The van der Waals surface area contributed by atoms with Gasteiger partial charge >= 0.3 is 0 Å².